The molecule has 1 aromatic rings. The zero-order valence-electron chi connectivity index (χ0n) is 14.3. The molecule has 1 heterocycles. The second-order valence-electron chi connectivity index (χ2n) is 5.94. The molecule has 130 valence electrons. The van der Waals surface area contributed by atoms with Crippen LogP contribution in [0.3, 0.4) is 0 Å². The molecule has 6 heteroatoms. The summed E-state index contributed by atoms with van der Waals surface area (Å²) >= 11 is 0. The van der Waals surface area contributed by atoms with Crippen LogP contribution in [0.15, 0.2) is 30.3 Å². The highest BCUT2D eigenvalue weighted by Gasteiger charge is 2.39. The predicted octanol–water partition coefficient (Wildman–Crippen LogP) is 1.80. The van der Waals surface area contributed by atoms with Crippen molar-refractivity contribution in [3.63, 3.8) is 0 Å². The molecule has 1 aliphatic rings. The highest BCUT2D eigenvalue weighted by atomic mass is 16.2. The van der Waals surface area contributed by atoms with Gasteiger partial charge in [0, 0.05) is 19.5 Å². The van der Waals surface area contributed by atoms with E-state index in [-0.39, 0.29) is 18.4 Å². The molecule has 24 heavy (non-hydrogen) atoms. The number of carbonyl (C=O) groups excluding carboxylic acids is 3. The third kappa shape index (κ3) is 4.34. The van der Waals surface area contributed by atoms with Gasteiger partial charge in [0.25, 0.3) is 5.91 Å². The summed E-state index contributed by atoms with van der Waals surface area (Å²) in [5.41, 5.74) is 0.974. The quantitative estimate of drug-likeness (QED) is 0.739. The topological polar surface area (TPSA) is 69.7 Å². The van der Waals surface area contributed by atoms with Crippen molar-refractivity contribution in [3.8, 4) is 0 Å². The van der Waals surface area contributed by atoms with Crippen molar-refractivity contribution in [2.24, 2.45) is 0 Å². The summed E-state index contributed by atoms with van der Waals surface area (Å²) < 4.78 is 0. The minimum absolute atomic E-state index is 0.185. The van der Waals surface area contributed by atoms with Crippen molar-refractivity contribution in [2.75, 3.05) is 19.6 Å². The number of hydrogen-bond donors (Lipinski definition) is 1. The van der Waals surface area contributed by atoms with Crippen LogP contribution in [0, 0.1) is 0 Å². The molecule has 0 radical (unpaired) electrons. The summed E-state index contributed by atoms with van der Waals surface area (Å²) in [6.07, 6.45) is 2.34. The number of amides is 4. The SMILES string of the molecule is CCCCN(CC)C(=O)CN1C(=O)NC(Cc2ccccc2)C1=O. The Bertz CT molecular complexity index is 588. The first-order valence-corrected chi connectivity index (χ1v) is 8.50. The van der Waals surface area contributed by atoms with Gasteiger partial charge in [-0.1, -0.05) is 43.7 Å². The molecule has 1 fully saturated rings. The molecule has 1 aliphatic heterocycles. The number of nitrogens with one attached hydrogen (secondary N) is 1. The van der Waals surface area contributed by atoms with Gasteiger partial charge in [0.1, 0.15) is 12.6 Å². The lowest BCUT2D eigenvalue weighted by Crippen LogP contribution is -2.43. The van der Waals surface area contributed by atoms with Gasteiger partial charge in [0.05, 0.1) is 0 Å². The summed E-state index contributed by atoms with van der Waals surface area (Å²) in [4.78, 5) is 39.6. The lowest BCUT2D eigenvalue weighted by atomic mass is 10.1. The molecule has 1 saturated heterocycles. The fraction of sp³-hybridized carbons (Fsp3) is 0.500. The van der Waals surface area contributed by atoms with Crippen LogP contribution in [-0.4, -0.2) is 53.3 Å². The number of rotatable bonds is 8. The van der Waals surface area contributed by atoms with Crippen molar-refractivity contribution in [1.82, 2.24) is 15.1 Å². The van der Waals surface area contributed by atoms with E-state index in [1.165, 1.54) is 0 Å². The Morgan fingerprint density at radius 3 is 2.54 bits per heavy atom. The van der Waals surface area contributed by atoms with E-state index in [9.17, 15) is 14.4 Å². The van der Waals surface area contributed by atoms with Gasteiger partial charge in [-0.3, -0.25) is 14.5 Å². The Hall–Kier alpha value is -2.37. The Morgan fingerprint density at radius 2 is 1.92 bits per heavy atom. The number of hydrogen-bond acceptors (Lipinski definition) is 3. The van der Waals surface area contributed by atoms with E-state index >= 15 is 0 Å². The second-order valence-corrected chi connectivity index (χ2v) is 5.94. The highest BCUT2D eigenvalue weighted by molar-refractivity contribution is 6.06. The van der Waals surface area contributed by atoms with Crippen molar-refractivity contribution in [2.45, 2.75) is 39.2 Å². The van der Waals surface area contributed by atoms with E-state index < -0.39 is 12.1 Å². The first kappa shape index (κ1) is 18.0. The zero-order valence-corrected chi connectivity index (χ0v) is 14.3. The molecule has 4 amide bonds. The number of carbonyl (C=O) groups is 3. The fourth-order valence-corrected chi connectivity index (χ4v) is 2.76. The van der Waals surface area contributed by atoms with Crippen LogP contribution < -0.4 is 5.32 Å². The van der Waals surface area contributed by atoms with Gasteiger partial charge in [-0.25, -0.2) is 4.79 Å². The van der Waals surface area contributed by atoms with Crippen molar-refractivity contribution in [3.05, 3.63) is 35.9 Å². The molecule has 0 aliphatic carbocycles. The van der Waals surface area contributed by atoms with Crippen molar-refractivity contribution >= 4 is 17.8 Å². The number of likely N-dealkylation sites (N-methyl/N-ethyl adjacent to an activating group) is 1. The largest absolute Gasteiger partial charge is 0.341 e. The van der Waals surface area contributed by atoms with Gasteiger partial charge in [-0.2, -0.15) is 0 Å². The normalized spacial score (nSPS) is 17.1. The number of unbranched alkanes of at least 4 members (excludes halogenated alkanes) is 1. The summed E-state index contributed by atoms with van der Waals surface area (Å²) in [5, 5.41) is 2.67. The molecular formula is C18H25N3O3. The van der Waals surface area contributed by atoms with Gasteiger partial charge in [0.15, 0.2) is 0 Å². The van der Waals surface area contributed by atoms with Crippen LogP contribution in [0.4, 0.5) is 4.79 Å². The van der Waals surface area contributed by atoms with Crippen LogP contribution in [-0.2, 0) is 16.0 Å². The average molecular weight is 331 g/mol. The van der Waals surface area contributed by atoms with E-state index in [1.807, 2.05) is 37.3 Å². The molecular weight excluding hydrogens is 306 g/mol. The maximum atomic E-state index is 12.5. The van der Waals surface area contributed by atoms with E-state index in [1.54, 1.807) is 4.90 Å². The Balaban J connectivity index is 1.97. The van der Waals surface area contributed by atoms with Crippen LogP contribution in [0.2, 0.25) is 0 Å². The third-order valence-corrected chi connectivity index (χ3v) is 4.20. The van der Waals surface area contributed by atoms with E-state index in [0.717, 1.165) is 23.3 Å². The first-order chi connectivity index (χ1) is 11.6. The van der Waals surface area contributed by atoms with Gasteiger partial charge in [-0.05, 0) is 18.9 Å². The molecule has 0 spiro atoms. The standard InChI is InChI=1S/C18H25N3O3/c1-3-5-11-20(4-2)16(22)13-21-17(23)15(19-18(21)24)12-14-9-7-6-8-10-14/h6-10,15H,3-5,11-13H2,1-2H3,(H,19,24). The van der Waals surface area contributed by atoms with E-state index in [4.69, 9.17) is 0 Å². The van der Waals surface area contributed by atoms with Crippen LogP contribution in [0.25, 0.3) is 0 Å². The molecule has 6 nitrogen and oxygen atoms in total. The molecule has 0 bridgehead atoms. The van der Waals surface area contributed by atoms with Gasteiger partial charge >= 0.3 is 6.03 Å². The van der Waals surface area contributed by atoms with E-state index in [0.29, 0.717) is 19.5 Å². The molecule has 1 atom stereocenters. The third-order valence-electron chi connectivity index (χ3n) is 4.20. The Morgan fingerprint density at radius 1 is 1.21 bits per heavy atom. The number of benzene rings is 1. The zero-order chi connectivity index (χ0) is 17.5. The molecule has 1 N–H and O–H groups in total. The maximum absolute atomic E-state index is 12.5. The van der Waals surface area contributed by atoms with Gasteiger partial charge in [0.2, 0.25) is 5.91 Å². The van der Waals surface area contributed by atoms with Gasteiger partial charge in [-0.15, -0.1) is 0 Å². The van der Waals surface area contributed by atoms with E-state index in [2.05, 4.69) is 12.2 Å². The minimum Gasteiger partial charge on any atom is -0.341 e. The first-order valence-electron chi connectivity index (χ1n) is 8.50. The lowest BCUT2D eigenvalue weighted by Gasteiger charge is -2.23. The molecule has 0 aromatic heterocycles. The number of imide groups is 1. The van der Waals surface area contributed by atoms with Crippen molar-refractivity contribution in [1.29, 1.82) is 0 Å². The average Bonchev–Trinajstić information content (AvgIpc) is 2.84. The number of nitrogens with zero attached hydrogens (tertiary/aromatic N) is 2. The maximum Gasteiger partial charge on any atom is 0.325 e. The van der Waals surface area contributed by atoms with Gasteiger partial charge < -0.3 is 10.2 Å². The summed E-state index contributed by atoms with van der Waals surface area (Å²) in [6, 6.07) is 8.43. The fourth-order valence-electron chi connectivity index (χ4n) is 2.76. The smallest absolute Gasteiger partial charge is 0.325 e. The highest BCUT2D eigenvalue weighted by Crippen LogP contribution is 2.12. The molecule has 1 unspecified atom stereocenters. The predicted molar refractivity (Wildman–Crippen MR) is 91.3 cm³/mol. The molecule has 2 rings (SSSR count). The lowest BCUT2D eigenvalue weighted by molar-refractivity contribution is -0.137. The Kier molecular flexibility index (Phi) is 6.35. The number of urea groups is 1. The van der Waals surface area contributed by atoms with Crippen LogP contribution in [0.5, 0.6) is 0 Å². The second kappa shape index (κ2) is 8.47. The van der Waals surface area contributed by atoms with Crippen LogP contribution in [0.1, 0.15) is 32.3 Å². The summed E-state index contributed by atoms with van der Waals surface area (Å²) in [6.45, 7) is 5.01. The summed E-state index contributed by atoms with van der Waals surface area (Å²) in [7, 11) is 0. The van der Waals surface area contributed by atoms with Crippen LogP contribution >= 0.6 is 0 Å². The Labute approximate surface area is 142 Å². The molecule has 1 aromatic carbocycles. The monoisotopic (exact) mass is 331 g/mol. The summed E-state index contributed by atoms with van der Waals surface area (Å²) in [5.74, 6) is -0.515. The molecule has 0 saturated carbocycles. The van der Waals surface area contributed by atoms with Crippen molar-refractivity contribution < 1.29 is 14.4 Å². The minimum atomic E-state index is -0.599.